The summed E-state index contributed by atoms with van der Waals surface area (Å²) >= 11 is 0. The first-order valence-electron chi connectivity index (χ1n) is 8.37. The van der Waals surface area contributed by atoms with E-state index in [1.807, 2.05) is 0 Å². The number of carbonyl (C=O) groups excluding carboxylic acids is 3. The van der Waals surface area contributed by atoms with Crippen molar-refractivity contribution in [1.82, 2.24) is 4.90 Å². The second kappa shape index (κ2) is 7.47. The van der Waals surface area contributed by atoms with Crippen molar-refractivity contribution in [1.29, 1.82) is 0 Å². The highest BCUT2D eigenvalue weighted by Gasteiger charge is 2.34. The number of nitrogens with zero attached hydrogens (tertiary/aromatic N) is 1. The third kappa shape index (κ3) is 3.49. The molecule has 0 atom stereocenters. The molecule has 0 N–H and O–H groups in total. The molecule has 0 saturated heterocycles. The van der Waals surface area contributed by atoms with Gasteiger partial charge in [0.25, 0.3) is 11.8 Å². The van der Waals surface area contributed by atoms with Crippen molar-refractivity contribution < 1.29 is 23.5 Å². The Hall–Kier alpha value is -3.02. The second-order valence-electron chi connectivity index (χ2n) is 6.06. The summed E-state index contributed by atoms with van der Waals surface area (Å²) in [5.74, 6) is -0.980. The average Bonchev–Trinajstić information content (AvgIpc) is 2.87. The lowest BCUT2D eigenvalue weighted by Crippen LogP contribution is -2.30. The van der Waals surface area contributed by atoms with Gasteiger partial charge in [-0.25, -0.2) is 4.39 Å². The number of hydrogen-bond acceptors (Lipinski definition) is 4. The van der Waals surface area contributed by atoms with E-state index in [9.17, 15) is 18.8 Å². The molecule has 2 amide bonds. The zero-order valence-corrected chi connectivity index (χ0v) is 14.3. The summed E-state index contributed by atoms with van der Waals surface area (Å²) in [5.41, 5.74) is 1.07. The number of hydrogen-bond donors (Lipinski definition) is 0. The van der Waals surface area contributed by atoms with Crippen LogP contribution < -0.4 is 4.74 Å². The fourth-order valence-electron chi connectivity index (χ4n) is 2.90. The summed E-state index contributed by atoms with van der Waals surface area (Å²) in [6.07, 6.45) is 1.16. The van der Waals surface area contributed by atoms with Gasteiger partial charge in [0.15, 0.2) is 5.78 Å². The standard InChI is InChI=1S/C20H18FNO4/c1-13(23)17-12-14(21)8-9-18(17)26-11-5-4-10-22-19(24)15-6-2-3-7-16(15)20(22)25/h2-3,6-9,12H,4-5,10-11H2,1H3. The van der Waals surface area contributed by atoms with Gasteiger partial charge in [-0.05, 0) is 50.1 Å². The van der Waals surface area contributed by atoms with Crippen LogP contribution in [0, 0.1) is 5.82 Å². The highest BCUT2D eigenvalue weighted by atomic mass is 19.1. The third-order valence-electron chi connectivity index (χ3n) is 4.23. The zero-order chi connectivity index (χ0) is 18.7. The van der Waals surface area contributed by atoms with E-state index in [4.69, 9.17) is 4.74 Å². The minimum Gasteiger partial charge on any atom is -0.493 e. The van der Waals surface area contributed by atoms with Crippen molar-refractivity contribution in [2.45, 2.75) is 19.8 Å². The normalized spacial score (nSPS) is 13.1. The molecule has 0 aromatic heterocycles. The Morgan fingerprint density at radius 2 is 1.69 bits per heavy atom. The molecule has 5 nitrogen and oxygen atoms in total. The predicted octanol–water partition coefficient (Wildman–Crippen LogP) is 3.48. The molecule has 2 aromatic rings. The molecule has 0 radical (unpaired) electrons. The number of ketones is 1. The monoisotopic (exact) mass is 355 g/mol. The molecule has 0 spiro atoms. The number of benzene rings is 2. The Labute approximate surface area is 150 Å². The van der Waals surface area contributed by atoms with Crippen molar-refractivity contribution in [2.24, 2.45) is 0 Å². The van der Waals surface area contributed by atoms with Gasteiger partial charge >= 0.3 is 0 Å². The Morgan fingerprint density at radius 1 is 1.04 bits per heavy atom. The largest absolute Gasteiger partial charge is 0.493 e. The van der Waals surface area contributed by atoms with Crippen LogP contribution >= 0.6 is 0 Å². The van der Waals surface area contributed by atoms with Gasteiger partial charge in [-0.15, -0.1) is 0 Å². The molecule has 134 valence electrons. The van der Waals surface area contributed by atoms with Gasteiger partial charge in [0.05, 0.1) is 23.3 Å². The quantitative estimate of drug-likeness (QED) is 0.433. The molecule has 2 aromatic carbocycles. The van der Waals surface area contributed by atoms with Crippen LogP contribution in [0.3, 0.4) is 0 Å². The minimum atomic E-state index is -0.492. The Kier molecular flexibility index (Phi) is 5.11. The number of halogens is 1. The van der Waals surface area contributed by atoms with Gasteiger partial charge in [-0.2, -0.15) is 0 Å². The molecule has 3 rings (SSSR count). The van der Waals surface area contributed by atoms with Crippen LogP contribution in [0.2, 0.25) is 0 Å². The van der Waals surface area contributed by atoms with E-state index in [2.05, 4.69) is 0 Å². The Balaban J connectivity index is 1.51. The topological polar surface area (TPSA) is 63.7 Å². The van der Waals surface area contributed by atoms with Gasteiger partial charge in [0, 0.05) is 6.54 Å². The van der Waals surface area contributed by atoms with E-state index >= 15 is 0 Å². The van der Waals surface area contributed by atoms with E-state index in [-0.39, 0.29) is 23.2 Å². The van der Waals surface area contributed by atoms with Gasteiger partial charge in [0.1, 0.15) is 11.6 Å². The van der Waals surface area contributed by atoms with Crippen LogP contribution in [0.25, 0.3) is 0 Å². The maximum Gasteiger partial charge on any atom is 0.261 e. The Bertz CT molecular complexity index is 843. The van der Waals surface area contributed by atoms with E-state index in [0.717, 1.165) is 6.07 Å². The summed E-state index contributed by atoms with van der Waals surface area (Å²) in [7, 11) is 0. The van der Waals surface area contributed by atoms with Crippen LogP contribution in [-0.2, 0) is 0 Å². The van der Waals surface area contributed by atoms with Gasteiger partial charge in [0.2, 0.25) is 0 Å². The molecule has 0 saturated carbocycles. The molecular weight excluding hydrogens is 337 g/mol. The number of carbonyl (C=O) groups is 3. The number of rotatable bonds is 7. The Morgan fingerprint density at radius 3 is 2.31 bits per heavy atom. The van der Waals surface area contributed by atoms with Crippen LogP contribution in [0.15, 0.2) is 42.5 Å². The third-order valence-corrected chi connectivity index (χ3v) is 4.23. The molecule has 6 heteroatoms. The van der Waals surface area contributed by atoms with Crippen molar-refractivity contribution in [3.8, 4) is 5.75 Å². The number of imide groups is 1. The smallest absolute Gasteiger partial charge is 0.261 e. The number of Topliss-reactive ketones (excluding diaryl/α,β-unsaturated/α-hetero) is 1. The van der Waals surface area contributed by atoms with Crippen molar-refractivity contribution >= 4 is 17.6 Å². The summed E-state index contributed by atoms with van der Waals surface area (Å²) in [6, 6.07) is 10.6. The van der Waals surface area contributed by atoms with Crippen LogP contribution in [-0.4, -0.2) is 35.6 Å². The molecule has 26 heavy (non-hydrogen) atoms. The lowest BCUT2D eigenvalue weighted by Gasteiger charge is -2.14. The molecule has 0 fully saturated rings. The molecule has 0 aliphatic carbocycles. The number of amides is 2. The summed E-state index contributed by atoms with van der Waals surface area (Å²) < 4.78 is 18.8. The first kappa shape index (κ1) is 17.8. The summed E-state index contributed by atoms with van der Waals surface area (Å²) in [4.78, 5) is 37.3. The van der Waals surface area contributed by atoms with Crippen LogP contribution in [0.1, 0.15) is 50.8 Å². The van der Waals surface area contributed by atoms with E-state index in [1.165, 1.54) is 24.0 Å². The molecular formula is C20H18FNO4. The van der Waals surface area contributed by atoms with Crippen molar-refractivity contribution in [3.63, 3.8) is 0 Å². The first-order valence-corrected chi connectivity index (χ1v) is 8.37. The fourth-order valence-corrected chi connectivity index (χ4v) is 2.90. The van der Waals surface area contributed by atoms with E-state index in [0.29, 0.717) is 42.9 Å². The minimum absolute atomic E-state index is 0.199. The van der Waals surface area contributed by atoms with E-state index in [1.54, 1.807) is 24.3 Å². The van der Waals surface area contributed by atoms with Gasteiger partial charge in [-0.3, -0.25) is 19.3 Å². The zero-order valence-electron chi connectivity index (χ0n) is 14.3. The number of unbranched alkanes of at least 4 members (excludes halogenated alkanes) is 1. The molecule has 0 unspecified atom stereocenters. The lowest BCUT2D eigenvalue weighted by molar-refractivity contribution is 0.0649. The number of fused-ring (bicyclic) bond motifs is 1. The summed E-state index contributed by atoms with van der Waals surface area (Å²) in [5, 5.41) is 0. The lowest BCUT2D eigenvalue weighted by atomic mass is 10.1. The van der Waals surface area contributed by atoms with Crippen molar-refractivity contribution in [2.75, 3.05) is 13.2 Å². The van der Waals surface area contributed by atoms with Crippen molar-refractivity contribution in [3.05, 3.63) is 65.0 Å². The predicted molar refractivity (Wildman–Crippen MR) is 92.9 cm³/mol. The van der Waals surface area contributed by atoms with Gasteiger partial charge in [-0.1, -0.05) is 12.1 Å². The van der Waals surface area contributed by atoms with Gasteiger partial charge < -0.3 is 4.74 Å². The van der Waals surface area contributed by atoms with Crippen LogP contribution in [0.4, 0.5) is 4.39 Å². The molecule has 1 heterocycles. The highest BCUT2D eigenvalue weighted by molar-refractivity contribution is 6.21. The fraction of sp³-hybridized carbons (Fsp3) is 0.250. The SMILES string of the molecule is CC(=O)c1cc(F)ccc1OCCCCN1C(=O)c2ccccc2C1=O. The summed E-state index contributed by atoms with van der Waals surface area (Å²) in [6.45, 7) is 1.96. The van der Waals surface area contributed by atoms with Crippen LogP contribution in [0.5, 0.6) is 5.75 Å². The first-order chi connectivity index (χ1) is 12.5. The molecule has 1 aliphatic heterocycles. The maximum absolute atomic E-state index is 13.2. The molecule has 0 bridgehead atoms. The van der Waals surface area contributed by atoms with E-state index < -0.39 is 5.82 Å². The molecule has 1 aliphatic rings. The highest BCUT2D eigenvalue weighted by Crippen LogP contribution is 2.23. The average molecular weight is 355 g/mol. The maximum atomic E-state index is 13.2. The second-order valence-corrected chi connectivity index (χ2v) is 6.06. The number of ether oxygens (including phenoxy) is 1.